The first kappa shape index (κ1) is 18.4. The van der Waals surface area contributed by atoms with Crippen LogP contribution in [0.5, 0.6) is 5.75 Å². The summed E-state index contributed by atoms with van der Waals surface area (Å²) in [4.78, 5) is 18.3. The number of methoxy groups -OCH3 is 2. The molecule has 2 aromatic rings. The van der Waals surface area contributed by atoms with Crippen molar-refractivity contribution in [2.75, 3.05) is 27.3 Å². The Labute approximate surface area is 161 Å². The van der Waals surface area contributed by atoms with Crippen molar-refractivity contribution in [3.63, 3.8) is 0 Å². The number of nitrogens with zero attached hydrogens (tertiary/aromatic N) is 1. The third kappa shape index (κ3) is 3.02. The second kappa shape index (κ2) is 7.19. The quantitative estimate of drug-likeness (QED) is 0.801. The Bertz CT molecular complexity index is 843. The molecule has 3 heterocycles. The Kier molecular flexibility index (Phi) is 4.89. The topological polar surface area (TPSA) is 54.6 Å². The number of piperidine rings is 1. The highest BCUT2D eigenvalue weighted by molar-refractivity contribution is 5.86. The number of benzene rings is 1. The molecule has 1 fully saturated rings. The molecule has 0 radical (unpaired) electrons. The summed E-state index contributed by atoms with van der Waals surface area (Å²) in [5, 5.41) is 1.28. The standard InChI is InChI=1S/C22H30N2O3/c1-4-22(11-8-19(25)27-3)10-5-12-24-13-9-16-17-14-15(26-2)6-7-18(17)23-20(16)21(22)24/h6-7,14,21,23H,4-5,8-13H2,1-3H3. The number of H-pyrrole nitrogens is 1. The molecule has 5 heteroatoms. The summed E-state index contributed by atoms with van der Waals surface area (Å²) in [6.07, 6.45) is 5.89. The minimum Gasteiger partial charge on any atom is -0.497 e. The van der Waals surface area contributed by atoms with Crippen molar-refractivity contribution in [1.82, 2.24) is 9.88 Å². The van der Waals surface area contributed by atoms with Crippen LogP contribution in [0.15, 0.2) is 18.2 Å². The highest BCUT2D eigenvalue weighted by Crippen LogP contribution is 2.54. The highest BCUT2D eigenvalue weighted by atomic mass is 16.5. The summed E-state index contributed by atoms with van der Waals surface area (Å²) < 4.78 is 10.4. The van der Waals surface area contributed by atoms with Crippen molar-refractivity contribution in [2.45, 2.75) is 51.5 Å². The summed E-state index contributed by atoms with van der Waals surface area (Å²) in [5.41, 5.74) is 4.09. The van der Waals surface area contributed by atoms with E-state index in [1.54, 1.807) is 7.11 Å². The van der Waals surface area contributed by atoms with Crippen LogP contribution in [0.3, 0.4) is 0 Å². The third-order valence-corrected chi connectivity index (χ3v) is 6.89. The molecule has 0 amide bonds. The Balaban J connectivity index is 1.78. The second-order valence-electron chi connectivity index (χ2n) is 8.01. The summed E-state index contributed by atoms with van der Waals surface area (Å²) in [5.74, 6) is 0.806. The van der Waals surface area contributed by atoms with E-state index in [2.05, 4.69) is 28.9 Å². The van der Waals surface area contributed by atoms with Crippen molar-refractivity contribution >= 4 is 16.9 Å². The van der Waals surface area contributed by atoms with Gasteiger partial charge in [-0.3, -0.25) is 9.69 Å². The minimum atomic E-state index is -0.0997. The van der Waals surface area contributed by atoms with Crippen LogP contribution in [0, 0.1) is 5.41 Å². The van der Waals surface area contributed by atoms with Gasteiger partial charge in [-0.1, -0.05) is 6.92 Å². The first-order valence-electron chi connectivity index (χ1n) is 10.1. The summed E-state index contributed by atoms with van der Waals surface area (Å²) in [6, 6.07) is 6.66. The first-order valence-corrected chi connectivity index (χ1v) is 10.1. The van der Waals surface area contributed by atoms with Crippen LogP contribution in [-0.4, -0.2) is 43.2 Å². The highest BCUT2D eigenvalue weighted by Gasteiger charge is 2.47. The predicted octanol–water partition coefficient (Wildman–Crippen LogP) is 4.22. The minimum absolute atomic E-state index is 0.0997. The maximum absolute atomic E-state index is 11.9. The largest absolute Gasteiger partial charge is 0.497 e. The van der Waals surface area contributed by atoms with Gasteiger partial charge in [0.2, 0.25) is 0 Å². The molecule has 2 aliphatic rings. The molecule has 0 spiro atoms. The van der Waals surface area contributed by atoms with E-state index in [1.165, 1.54) is 42.1 Å². The molecular weight excluding hydrogens is 340 g/mol. The lowest BCUT2D eigenvalue weighted by atomic mass is 9.65. The Morgan fingerprint density at radius 1 is 1.33 bits per heavy atom. The first-order chi connectivity index (χ1) is 13.1. The van der Waals surface area contributed by atoms with Gasteiger partial charge in [-0.15, -0.1) is 0 Å². The lowest BCUT2D eigenvalue weighted by Gasteiger charge is -2.52. The van der Waals surface area contributed by atoms with Gasteiger partial charge in [0.05, 0.1) is 20.3 Å². The fraction of sp³-hybridized carbons (Fsp3) is 0.591. The normalized spacial score (nSPS) is 25.1. The maximum Gasteiger partial charge on any atom is 0.305 e. The molecule has 146 valence electrons. The zero-order chi connectivity index (χ0) is 19.0. The maximum atomic E-state index is 11.9. The zero-order valence-corrected chi connectivity index (χ0v) is 16.6. The SMILES string of the molecule is CCC1(CCC(=O)OC)CCCN2CCc3c([nH]c4ccc(OC)cc34)C21. The van der Waals surface area contributed by atoms with E-state index in [0.717, 1.165) is 38.1 Å². The number of esters is 1. The van der Waals surface area contributed by atoms with Gasteiger partial charge in [0, 0.05) is 29.6 Å². The van der Waals surface area contributed by atoms with Crippen molar-refractivity contribution in [1.29, 1.82) is 0 Å². The molecule has 1 N–H and O–H groups in total. The molecule has 0 saturated carbocycles. The van der Waals surface area contributed by atoms with Crippen molar-refractivity contribution in [3.8, 4) is 5.75 Å². The molecule has 27 heavy (non-hydrogen) atoms. The number of aromatic amines is 1. The van der Waals surface area contributed by atoms with Gasteiger partial charge in [-0.2, -0.15) is 0 Å². The summed E-state index contributed by atoms with van der Waals surface area (Å²) >= 11 is 0. The molecule has 1 saturated heterocycles. The van der Waals surface area contributed by atoms with E-state index in [9.17, 15) is 4.79 Å². The average Bonchev–Trinajstić information content (AvgIpc) is 3.09. The number of ether oxygens (including phenoxy) is 2. The van der Waals surface area contributed by atoms with E-state index >= 15 is 0 Å². The molecule has 2 unspecified atom stereocenters. The van der Waals surface area contributed by atoms with Crippen LogP contribution in [0.2, 0.25) is 0 Å². The van der Waals surface area contributed by atoms with E-state index < -0.39 is 0 Å². The van der Waals surface area contributed by atoms with Crippen molar-refractivity contribution in [3.05, 3.63) is 29.5 Å². The molecule has 1 aromatic carbocycles. The Morgan fingerprint density at radius 3 is 2.93 bits per heavy atom. The number of hydrogen-bond donors (Lipinski definition) is 1. The average molecular weight is 370 g/mol. The van der Waals surface area contributed by atoms with E-state index in [0.29, 0.717) is 12.5 Å². The number of carbonyl (C=O) groups is 1. The molecule has 2 atom stereocenters. The van der Waals surface area contributed by atoms with E-state index in [1.807, 2.05) is 6.07 Å². The van der Waals surface area contributed by atoms with Crippen molar-refractivity contribution in [2.24, 2.45) is 5.41 Å². The van der Waals surface area contributed by atoms with Crippen LogP contribution in [0.4, 0.5) is 0 Å². The van der Waals surface area contributed by atoms with Gasteiger partial charge in [-0.25, -0.2) is 0 Å². The second-order valence-corrected chi connectivity index (χ2v) is 8.01. The number of hydrogen-bond acceptors (Lipinski definition) is 4. The number of aromatic nitrogens is 1. The fourth-order valence-corrected chi connectivity index (χ4v) is 5.41. The molecule has 0 bridgehead atoms. The van der Waals surface area contributed by atoms with Gasteiger partial charge < -0.3 is 14.5 Å². The molecular formula is C22H30N2O3. The van der Waals surface area contributed by atoms with Crippen molar-refractivity contribution < 1.29 is 14.3 Å². The smallest absolute Gasteiger partial charge is 0.305 e. The number of fused-ring (bicyclic) bond motifs is 5. The monoisotopic (exact) mass is 370 g/mol. The fourth-order valence-electron chi connectivity index (χ4n) is 5.41. The molecule has 5 nitrogen and oxygen atoms in total. The van der Waals surface area contributed by atoms with Crippen LogP contribution in [0.25, 0.3) is 10.9 Å². The lowest BCUT2D eigenvalue weighted by Crippen LogP contribution is -2.49. The number of carbonyl (C=O) groups excluding carboxylic acids is 1. The van der Waals surface area contributed by atoms with E-state index in [4.69, 9.17) is 9.47 Å². The van der Waals surface area contributed by atoms with Crippen LogP contribution < -0.4 is 4.74 Å². The van der Waals surface area contributed by atoms with E-state index in [-0.39, 0.29) is 11.4 Å². The molecule has 2 aliphatic heterocycles. The summed E-state index contributed by atoms with van der Waals surface area (Å²) in [7, 11) is 3.20. The molecule has 4 rings (SSSR count). The third-order valence-electron chi connectivity index (χ3n) is 6.89. The van der Waals surface area contributed by atoms with Gasteiger partial charge in [-0.05, 0) is 67.8 Å². The van der Waals surface area contributed by atoms with Crippen LogP contribution >= 0.6 is 0 Å². The number of rotatable bonds is 5. The Morgan fingerprint density at radius 2 is 2.19 bits per heavy atom. The van der Waals surface area contributed by atoms with Gasteiger partial charge in [0.15, 0.2) is 0 Å². The molecule has 0 aliphatic carbocycles. The molecule has 1 aromatic heterocycles. The Hall–Kier alpha value is -2.01. The van der Waals surface area contributed by atoms with Gasteiger partial charge in [0.1, 0.15) is 5.75 Å². The van der Waals surface area contributed by atoms with Gasteiger partial charge in [0.25, 0.3) is 0 Å². The van der Waals surface area contributed by atoms with Crippen LogP contribution in [-0.2, 0) is 16.0 Å². The van der Waals surface area contributed by atoms with Gasteiger partial charge >= 0.3 is 5.97 Å². The number of nitrogens with one attached hydrogen (secondary N) is 1. The van der Waals surface area contributed by atoms with Crippen LogP contribution in [0.1, 0.15) is 56.3 Å². The predicted molar refractivity (Wildman–Crippen MR) is 106 cm³/mol. The lowest BCUT2D eigenvalue weighted by molar-refractivity contribution is -0.142. The zero-order valence-electron chi connectivity index (χ0n) is 16.6. The summed E-state index contributed by atoms with van der Waals surface area (Å²) in [6.45, 7) is 4.51.